The fourth-order valence-electron chi connectivity index (χ4n) is 1.83. The largest absolute Gasteiger partial charge is 0.313 e. The lowest BCUT2D eigenvalue weighted by atomic mass is 9.84. The molecule has 100 valence electrons. The highest BCUT2D eigenvalue weighted by Gasteiger charge is 2.24. The van der Waals surface area contributed by atoms with Crippen LogP contribution in [0.25, 0.3) is 0 Å². The summed E-state index contributed by atoms with van der Waals surface area (Å²) in [7, 11) is 0. The number of hydrogen-bond acceptors (Lipinski definition) is 4. The molecule has 0 aliphatic rings. The summed E-state index contributed by atoms with van der Waals surface area (Å²) in [5, 5.41) is 14.1. The first kappa shape index (κ1) is 14.6. The van der Waals surface area contributed by atoms with Gasteiger partial charge in [-0.1, -0.05) is 27.7 Å². The highest BCUT2D eigenvalue weighted by atomic mass is 16.6. The van der Waals surface area contributed by atoms with Crippen LogP contribution in [0.1, 0.15) is 33.4 Å². The third kappa shape index (κ3) is 4.07. The molecule has 18 heavy (non-hydrogen) atoms. The lowest BCUT2D eigenvalue weighted by molar-refractivity contribution is -0.385. The summed E-state index contributed by atoms with van der Waals surface area (Å²) in [5.74, 6) is 0. The van der Waals surface area contributed by atoms with E-state index in [1.807, 2.05) is 0 Å². The van der Waals surface area contributed by atoms with E-state index in [1.165, 1.54) is 12.3 Å². The Labute approximate surface area is 108 Å². The van der Waals surface area contributed by atoms with Crippen LogP contribution in [0.3, 0.4) is 0 Å². The summed E-state index contributed by atoms with van der Waals surface area (Å²) < 4.78 is 0. The molecule has 1 aromatic heterocycles. The molecule has 1 rings (SSSR count). The van der Waals surface area contributed by atoms with Crippen LogP contribution in [0.4, 0.5) is 5.69 Å². The molecule has 0 amide bonds. The maximum atomic E-state index is 10.7. The number of rotatable bonds is 5. The first-order valence-corrected chi connectivity index (χ1v) is 6.17. The number of hydrogen-bond donors (Lipinski definition) is 1. The van der Waals surface area contributed by atoms with Crippen LogP contribution in [-0.2, 0) is 6.42 Å². The topological polar surface area (TPSA) is 68.1 Å². The summed E-state index contributed by atoms with van der Waals surface area (Å²) >= 11 is 0. The third-order valence-corrected chi connectivity index (χ3v) is 2.92. The molecule has 0 aromatic carbocycles. The number of nitrogens with one attached hydrogen (secondary N) is 1. The standard InChI is InChI=1S/C13H21N3O2/c1-5-14-12(13(2,3)4)9-10-8-11(16(17)18)6-7-15-10/h6-8,12,14H,5,9H2,1-4H3. The Hall–Kier alpha value is -1.49. The van der Waals surface area contributed by atoms with Gasteiger partial charge in [0, 0.05) is 36.5 Å². The van der Waals surface area contributed by atoms with Crippen LogP contribution >= 0.6 is 0 Å². The van der Waals surface area contributed by atoms with E-state index in [1.54, 1.807) is 6.07 Å². The molecule has 0 radical (unpaired) electrons. The first-order chi connectivity index (χ1) is 8.34. The molecule has 0 aliphatic carbocycles. The van der Waals surface area contributed by atoms with Gasteiger partial charge in [-0.3, -0.25) is 15.1 Å². The van der Waals surface area contributed by atoms with Crippen molar-refractivity contribution in [3.63, 3.8) is 0 Å². The van der Waals surface area contributed by atoms with Gasteiger partial charge in [-0.05, 0) is 12.0 Å². The molecule has 1 N–H and O–H groups in total. The molecule has 0 aliphatic heterocycles. The van der Waals surface area contributed by atoms with Gasteiger partial charge < -0.3 is 5.32 Å². The quantitative estimate of drug-likeness (QED) is 0.645. The second-order valence-corrected chi connectivity index (χ2v) is 5.44. The predicted octanol–water partition coefficient (Wildman–Crippen LogP) is 2.56. The predicted molar refractivity (Wildman–Crippen MR) is 71.5 cm³/mol. The van der Waals surface area contributed by atoms with Gasteiger partial charge in [-0.2, -0.15) is 0 Å². The third-order valence-electron chi connectivity index (χ3n) is 2.92. The minimum atomic E-state index is -0.384. The maximum Gasteiger partial charge on any atom is 0.272 e. The average molecular weight is 251 g/mol. The molecule has 1 unspecified atom stereocenters. The van der Waals surface area contributed by atoms with Gasteiger partial charge in [0.05, 0.1) is 4.92 Å². The summed E-state index contributed by atoms with van der Waals surface area (Å²) in [5.41, 5.74) is 0.941. The van der Waals surface area contributed by atoms with Crippen LogP contribution in [0.2, 0.25) is 0 Å². The van der Waals surface area contributed by atoms with Crippen molar-refractivity contribution in [3.8, 4) is 0 Å². The van der Waals surface area contributed by atoms with Crippen molar-refractivity contribution in [2.45, 2.75) is 40.2 Å². The number of aromatic nitrogens is 1. The summed E-state index contributed by atoms with van der Waals surface area (Å²) in [6, 6.07) is 3.22. The van der Waals surface area contributed by atoms with Gasteiger partial charge in [0.1, 0.15) is 0 Å². The van der Waals surface area contributed by atoms with Crippen molar-refractivity contribution in [1.29, 1.82) is 0 Å². The highest BCUT2D eigenvalue weighted by Crippen LogP contribution is 2.23. The fraction of sp³-hybridized carbons (Fsp3) is 0.615. The molecule has 1 heterocycles. The molecule has 5 nitrogen and oxygen atoms in total. The SMILES string of the molecule is CCNC(Cc1cc([N+](=O)[O-])ccn1)C(C)(C)C. The molecule has 0 fully saturated rings. The van der Waals surface area contributed by atoms with Gasteiger partial charge in [-0.25, -0.2) is 0 Å². The Bertz CT molecular complexity index is 413. The van der Waals surface area contributed by atoms with Crippen molar-refractivity contribution >= 4 is 5.69 Å². The van der Waals surface area contributed by atoms with Crippen molar-refractivity contribution in [2.24, 2.45) is 5.41 Å². The second-order valence-electron chi connectivity index (χ2n) is 5.44. The van der Waals surface area contributed by atoms with Gasteiger partial charge >= 0.3 is 0 Å². The number of pyridine rings is 1. The van der Waals surface area contributed by atoms with E-state index in [4.69, 9.17) is 0 Å². The van der Waals surface area contributed by atoms with Crippen molar-refractivity contribution in [2.75, 3.05) is 6.54 Å². The lowest BCUT2D eigenvalue weighted by Gasteiger charge is -2.31. The van der Waals surface area contributed by atoms with E-state index in [0.29, 0.717) is 6.42 Å². The molecule has 0 saturated heterocycles. The van der Waals surface area contributed by atoms with Crippen LogP contribution in [0.5, 0.6) is 0 Å². The van der Waals surface area contributed by atoms with Gasteiger partial charge in [0.25, 0.3) is 5.69 Å². The number of nitro groups is 1. The Kier molecular flexibility index (Phi) is 4.78. The van der Waals surface area contributed by atoms with E-state index in [9.17, 15) is 10.1 Å². The second kappa shape index (κ2) is 5.91. The number of likely N-dealkylation sites (N-methyl/N-ethyl adjacent to an activating group) is 1. The molecular weight excluding hydrogens is 230 g/mol. The monoisotopic (exact) mass is 251 g/mol. The normalized spacial score (nSPS) is 13.3. The van der Waals surface area contributed by atoms with Crippen LogP contribution < -0.4 is 5.32 Å². The Morgan fingerprint density at radius 3 is 2.67 bits per heavy atom. The zero-order valence-electron chi connectivity index (χ0n) is 11.4. The zero-order chi connectivity index (χ0) is 13.8. The minimum absolute atomic E-state index is 0.0856. The Morgan fingerprint density at radius 2 is 2.17 bits per heavy atom. The van der Waals surface area contributed by atoms with Crippen molar-refractivity contribution in [3.05, 3.63) is 34.1 Å². The van der Waals surface area contributed by atoms with Crippen LogP contribution in [-0.4, -0.2) is 22.5 Å². The minimum Gasteiger partial charge on any atom is -0.313 e. The fourth-order valence-corrected chi connectivity index (χ4v) is 1.83. The molecule has 1 aromatic rings. The maximum absolute atomic E-state index is 10.7. The summed E-state index contributed by atoms with van der Waals surface area (Å²) in [4.78, 5) is 14.6. The molecule has 0 spiro atoms. The molecular formula is C13H21N3O2. The van der Waals surface area contributed by atoms with E-state index in [0.717, 1.165) is 12.2 Å². The molecule has 5 heteroatoms. The van der Waals surface area contributed by atoms with E-state index in [-0.39, 0.29) is 22.1 Å². The van der Waals surface area contributed by atoms with E-state index in [2.05, 4.69) is 38.0 Å². The van der Waals surface area contributed by atoms with Gasteiger partial charge in [0.2, 0.25) is 0 Å². The average Bonchev–Trinajstić information content (AvgIpc) is 2.27. The van der Waals surface area contributed by atoms with Crippen molar-refractivity contribution in [1.82, 2.24) is 10.3 Å². The molecule has 0 saturated carbocycles. The summed E-state index contributed by atoms with van der Waals surface area (Å²) in [6.45, 7) is 9.38. The molecule has 1 atom stereocenters. The van der Waals surface area contributed by atoms with E-state index < -0.39 is 0 Å². The number of nitrogens with zero attached hydrogens (tertiary/aromatic N) is 2. The Morgan fingerprint density at radius 1 is 1.50 bits per heavy atom. The molecule has 0 bridgehead atoms. The van der Waals surface area contributed by atoms with Crippen LogP contribution in [0.15, 0.2) is 18.3 Å². The lowest BCUT2D eigenvalue weighted by Crippen LogP contribution is -2.42. The van der Waals surface area contributed by atoms with Gasteiger partial charge in [0.15, 0.2) is 0 Å². The van der Waals surface area contributed by atoms with Gasteiger partial charge in [-0.15, -0.1) is 0 Å². The smallest absolute Gasteiger partial charge is 0.272 e. The Balaban J connectivity index is 2.87. The van der Waals surface area contributed by atoms with Crippen LogP contribution in [0, 0.1) is 15.5 Å². The summed E-state index contributed by atoms with van der Waals surface area (Å²) in [6.07, 6.45) is 2.19. The zero-order valence-corrected chi connectivity index (χ0v) is 11.4. The van der Waals surface area contributed by atoms with E-state index >= 15 is 0 Å². The highest BCUT2D eigenvalue weighted by molar-refractivity contribution is 5.30. The first-order valence-electron chi connectivity index (χ1n) is 6.17. The van der Waals surface area contributed by atoms with Crippen molar-refractivity contribution < 1.29 is 4.92 Å².